The molecular weight excluding hydrogens is 763 g/mol. The van der Waals surface area contributed by atoms with E-state index in [0.29, 0.717) is 4.90 Å². The Kier molecular flexibility index (Phi) is 3.32. The Hall–Kier alpha value is -6.90. The van der Waals surface area contributed by atoms with E-state index in [0.717, 1.165) is 27.7 Å². The number of benzene rings is 9. The summed E-state index contributed by atoms with van der Waals surface area (Å²) in [6.45, 7) is -10.1. The van der Waals surface area contributed by atoms with Gasteiger partial charge in [0.1, 0.15) is 11.2 Å². The molecule has 0 bridgehead atoms. The zero-order chi connectivity index (χ0) is 74.2. The molecule has 1 aromatic heterocycles. The van der Waals surface area contributed by atoms with Gasteiger partial charge in [0, 0.05) is 60.5 Å². The SMILES string of the molecule is [2H]c1c([2H])c(C)c2c(c1[2H])-c1c([2H])c([2H])c(N(c3c([2H])c([2H])c4c(c3C)C(C([2H])([2H])[2H])(C([2H])([2H])[2H])c3c([2H])c(C)c([2H])c([2H])c3-4)c3c([2H])c([2H])c4oc5c6c([2H])c([2H])c([2H])c([2H])c6c(-c6c(C)c([2H])c7c([2H])c([2H])c([2H])c([2H])c7c6[2H])c([2H])c5c4c3[2H])c(C)c1C2(C([2H])([2H])[2H])C([2H])([2H])[2H]. The van der Waals surface area contributed by atoms with Crippen LogP contribution in [0.5, 0.6) is 0 Å². The zero-order valence-corrected chi connectivity index (χ0v) is 33.9. The molecule has 0 atom stereocenters. The van der Waals surface area contributed by atoms with Crippen LogP contribution in [0.2, 0.25) is 0 Å². The van der Waals surface area contributed by atoms with Crippen molar-refractivity contribution in [3.8, 4) is 33.4 Å². The van der Waals surface area contributed by atoms with E-state index in [4.69, 9.17) is 16.8 Å². The Balaban J connectivity index is 1.38. The van der Waals surface area contributed by atoms with E-state index in [1.54, 1.807) is 0 Å². The second-order valence-electron chi connectivity index (χ2n) is 15.8. The fourth-order valence-corrected chi connectivity index (χ4v) is 9.21. The summed E-state index contributed by atoms with van der Waals surface area (Å²) < 4.78 is 345. The standard InChI is InChI=1S/C61H51NO/c1-34-21-23-43-45-24-26-53(37(4)57(45)60(6,7)52(43)29-34)62(54-27-25-46-44-20-14-15-35(2)56(44)61(8,9)58(46)38(54)5)41-22-28-55-50(32-41)51-33-49(42-18-12-13-19-47(42)59(51)63-55)48-31-40-17-11-10-16-39(40)30-36(48)3/h10-33H,1-9H3/i6D3,7D3,8D3,9D3,10D,11D,12D,13D,14D,15D,16D,17D,18D,19D,20D,21D,22D,23D,24D,25D,26D,27D,28D,29D,30D,31D,32D,33D. The van der Waals surface area contributed by atoms with Gasteiger partial charge in [-0.15, -0.1) is 0 Å². The van der Waals surface area contributed by atoms with Gasteiger partial charge in [-0.05, 0) is 171 Å². The number of hydrogen-bond acceptors (Lipinski definition) is 2. The predicted molar refractivity (Wildman–Crippen MR) is 268 cm³/mol. The maximum atomic E-state index is 10.6. The van der Waals surface area contributed by atoms with Crippen molar-refractivity contribution in [2.45, 2.75) is 72.9 Å². The van der Waals surface area contributed by atoms with Gasteiger partial charge in [-0.2, -0.15) is 0 Å². The summed E-state index contributed by atoms with van der Waals surface area (Å²) in [5.74, 6) is 0. The monoisotopic (exact) mass is 850 g/mol. The highest BCUT2D eigenvalue weighted by atomic mass is 16.3. The Morgan fingerprint density at radius 3 is 1.86 bits per heavy atom. The van der Waals surface area contributed by atoms with E-state index in [1.807, 2.05) is 0 Å². The zero-order valence-electron chi connectivity index (χ0n) is 69.9. The molecule has 2 aliphatic carbocycles. The summed E-state index contributed by atoms with van der Waals surface area (Å²) in [7, 11) is 0. The average molecular weight is 850 g/mol. The van der Waals surface area contributed by atoms with Crippen LogP contribution in [0.15, 0.2) is 149 Å². The Morgan fingerprint density at radius 1 is 0.460 bits per heavy atom. The molecule has 2 heteroatoms. The molecule has 0 spiro atoms. The van der Waals surface area contributed by atoms with Crippen molar-refractivity contribution in [1.29, 1.82) is 0 Å². The fourth-order valence-electron chi connectivity index (χ4n) is 9.21. The molecule has 63 heavy (non-hydrogen) atoms. The van der Waals surface area contributed by atoms with Crippen molar-refractivity contribution >= 4 is 60.5 Å². The Bertz CT molecular complexity index is 5290. The summed E-state index contributed by atoms with van der Waals surface area (Å²) >= 11 is 0. The molecule has 2 aliphatic rings. The van der Waals surface area contributed by atoms with Crippen LogP contribution in [0, 0.1) is 34.6 Å². The molecule has 0 aliphatic heterocycles. The number of furan rings is 1. The number of anilines is 3. The van der Waals surface area contributed by atoms with Gasteiger partial charge in [0.15, 0.2) is 0 Å². The van der Waals surface area contributed by atoms with Gasteiger partial charge >= 0.3 is 0 Å². The molecule has 0 unspecified atom stereocenters. The molecule has 2 nitrogen and oxygen atoms in total. The van der Waals surface area contributed by atoms with Crippen LogP contribution in [0.4, 0.5) is 17.1 Å². The van der Waals surface area contributed by atoms with E-state index in [2.05, 4.69) is 0 Å². The fraction of sp³-hybridized carbons (Fsp3) is 0.180. The van der Waals surface area contributed by atoms with Gasteiger partial charge < -0.3 is 9.32 Å². The van der Waals surface area contributed by atoms with Crippen molar-refractivity contribution in [2.75, 3.05) is 4.90 Å². The lowest BCUT2D eigenvalue weighted by Crippen LogP contribution is -2.21. The van der Waals surface area contributed by atoms with E-state index in [9.17, 15) is 37.0 Å². The minimum atomic E-state index is -3.91. The summed E-state index contributed by atoms with van der Waals surface area (Å²) in [5.41, 5.74) is -22.2. The first-order valence-corrected chi connectivity index (χ1v) is 19.6. The first-order valence-electron chi connectivity index (χ1n) is 37.6. The molecule has 0 radical (unpaired) electrons. The van der Waals surface area contributed by atoms with E-state index in [1.165, 1.54) is 6.92 Å². The normalized spacial score (nSPS) is 23.3. The van der Waals surface area contributed by atoms with Crippen LogP contribution in [0.3, 0.4) is 0 Å². The lowest BCUT2D eigenvalue weighted by Gasteiger charge is -2.33. The average Bonchev–Trinajstić information content (AvgIpc) is 1.51. The molecule has 306 valence electrons. The number of fused-ring (bicyclic) bond motifs is 12. The molecule has 9 aromatic carbocycles. The summed E-state index contributed by atoms with van der Waals surface area (Å²) in [6.07, 6.45) is 0. The lowest BCUT2D eigenvalue weighted by molar-refractivity contribution is 0.651. The van der Waals surface area contributed by atoms with Crippen molar-refractivity contribution in [3.05, 3.63) is 195 Å². The maximum absolute atomic E-state index is 10.6. The second kappa shape index (κ2) is 13.1. The molecule has 12 rings (SSSR count). The third kappa shape index (κ3) is 5.18. The topological polar surface area (TPSA) is 16.4 Å². The number of nitrogens with zero attached hydrogens (tertiary/aromatic N) is 1. The molecule has 10 aromatic rings. The Morgan fingerprint density at radius 2 is 1.11 bits per heavy atom. The highest BCUT2D eigenvalue weighted by Gasteiger charge is 2.41. The largest absolute Gasteiger partial charge is 0.455 e. The van der Waals surface area contributed by atoms with E-state index in [-0.39, 0.29) is 5.56 Å². The molecule has 0 saturated carbocycles. The molecule has 0 N–H and O–H groups in total. The van der Waals surface area contributed by atoms with Crippen molar-refractivity contribution < 1.29 is 53.8 Å². The summed E-state index contributed by atoms with van der Waals surface area (Å²) in [6, 6.07) is -22.8. The second-order valence-corrected chi connectivity index (χ2v) is 15.8. The quantitative estimate of drug-likeness (QED) is 0.175. The molecule has 0 amide bonds. The lowest BCUT2D eigenvalue weighted by atomic mass is 9.78. The van der Waals surface area contributed by atoms with Crippen LogP contribution in [0.1, 0.15) is 127 Å². The van der Waals surface area contributed by atoms with E-state index < -0.39 is 322 Å². The molecular formula is C61H51NO. The highest BCUT2D eigenvalue weighted by Crippen LogP contribution is 2.57. The smallest absolute Gasteiger partial charge is 0.143 e. The number of rotatable bonds is 4. The van der Waals surface area contributed by atoms with E-state index >= 15 is 0 Å². The van der Waals surface area contributed by atoms with Crippen LogP contribution in [-0.2, 0) is 10.8 Å². The van der Waals surface area contributed by atoms with Crippen molar-refractivity contribution in [3.63, 3.8) is 0 Å². The number of hydrogen-bond donors (Lipinski definition) is 0. The predicted octanol–water partition coefficient (Wildman–Crippen LogP) is 17.2. The van der Waals surface area contributed by atoms with Gasteiger partial charge in [-0.1, -0.05) is 136 Å². The van der Waals surface area contributed by atoms with Crippen LogP contribution in [0.25, 0.3) is 76.9 Å². The molecule has 0 saturated heterocycles. The highest BCUT2D eigenvalue weighted by molar-refractivity contribution is 6.20. The van der Waals surface area contributed by atoms with Gasteiger partial charge in [-0.3, -0.25) is 0 Å². The van der Waals surface area contributed by atoms with Crippen LogP contribution >= 0.6 is 0 Å². The van der Waals surface area contributed by atoms with Crippen molar-refractivity contribution in [2.24, 2.45) is 0 Å². The van der Waals surface area contributed by atoms with Crippen LogP contribution in [-0.4, -0.2) is 0 Å². The summed E-state index contributed by atoms with van der Waals surface area (Å²) in [5, 5.41) is -3.78. The maximum Gasteiger partial charge on any atom is 0.143 e. The molecule has 0 fully saturated rings. The first-order chi connectivity index (χ1) is 45.4. The van der Waals surface area contributed by atoms with Gasteiger partial charge in [0.2, 0.25) is 0 Å². The van der Waals surface area contributed by atoms with Gasteiger partial charge in [-0.25, -0.2) is 0 Å². The summed E-state index contributed by atoms with van der Waals surface area (Å²) in [4.78, 5) is 0.518. The third-order valence-electron chi connectivity index (χ3n) is 12.0. The van der Waals surface area contributed by atoms with Crippen molar-refractivity contribution in [1.82, 2.24) is 0 Å². The minimum Gasteiger partial charge on any atom is -0.455 e. The Labute approximate surface area is 421 Å². The third-order valence-corrected chi connectivity index (χ3v) is 12.0. The molecule has 1 heterocycles. The first kappa shape index (κ1) is 16.0. The van der Waals surface area contributed by atoms with Crippen LogP contribution < -0.4 is 4.90 Å². The van der Waals surface area contributed by atoms with Gasteiger partial charge in [0.25, 0.3) is 0 Å². The van der Waals surface area contributed by atoms with Gasteiger partial charge in [0.05, 0.1) is 32.9 Å². The minimum absolute atomic E-state index is 0.295.